The zero-order valence-electron chi connectivity index (χ0n) is 9.58. The van der Waals surface area contributed by atoms with E-state index in [-0.39, 0.29) is 12.0 Å². The fraction of sp³-hybridized carbons (Fsp3) is 0.750. The summed E-state index contributed by atoms with van der Waals surface area (Å²) in [5.41, 5.74) is 0. The van der Waals surface area contributed by atoms with Gasteiger partial charge in [-0.15, -0.1) is 11.8 Å². The van der Waals surface area contributed by atoms with Crippen molar-refractivity contribution in [1.82, 2.24) is 4.90 Å². The third kappa shape index (κ3) is 3.56. The normalized spacial score (nSPS) is 21.6. The van der Waals surface area contributed by atoms with Crippen LogP contribution in [-0.2, 0) is 9.53 Å². The molecular formula is C12H19NO2. The van der Waals surface area contributed by atoms with Crippen LogP contribution in [0.5, 0.6) is 0 Å². The van der Waals surface area contributed by atoms with Crippen molar-refractivity contribution in [2.24, 2.45) is 0 Å². The van der Waals surface area contributed by atoms with Crippen molar-refractivity contribution in [3.63, 3.8) is 0 Å². The van der Waals surface area contributed by atoms with E-state index in [4.69, 9.17) is 4.74 Å². The predicted molar refractivity (Wildman–Crippen MR) is 59.3 cm³/mol. The number of esters is 1. The van der Waals surface area contributed by atoms with Crippen LogP contribution in [0.15, 0.2) is 0 Å². The second-order valence-electron chi connectivity index (χ2n) is 3.75. The average Bonchev–Trinajstić information content (AvgIpc) is 2.29. The van der Waals surface area contributed by atoms with Gasteiger partial charge in [-0.3, -0.25) is 9.69 Å². The first-order chi connectivity index (χ1) is 7.29. The highest BCUT2D eigenvalue weighted by molar-refractivity contribution is 5.75. The van der Waals surface area contributed by atoms with Gasteiger partial charge >= 0.3 is 5.97 Å². The van der Waals surface area contributed by atoms with Gasteiger partial charge in [0.15, 0.2) is 0 Å². The second kappa shape index (κ2) is 6.47. The average molecular weight is 209 g/mol. The Hall–Kier alpha value is -1.01. The maximum atomic E-state index is 11.5. The van der Waals surface area contributed by atoms with Crippen LogP contribution in [0.1, 0.15) is 32.6 Å². The van der Waals surface area contributed by atoms with Crippen LogP contribution in [0.3, 0.4) is 0 Å². The summed E-state index contributed by atoms with van der Waals surface area (Å²) in [6.45, 7) is 3.71. The van der Waals surface area contributed by atoms with Gasteiger partial charge in [-0.05, 0) is 26.3 Å². The van der Waals surface area contributed by atoms with Gasteiger partial charge in [-0.2, -0.15) is 0 Å². The van der Waals surface area contributed by atoms with Crippen molar-refractivity contribution in [3.8, 4) is 11.8 Å². The highest BCUT2D eigenvalue weighted by Crippen LogP contribution is 2.17. The smallest absolute Gasteiger partial charge is 0.323 e. The van der Waals surface area contributed by atoms with Crippen molar-refractivity contribution in [3.05, 3.63) is 0 Å². The number of hydrogen-bond acceptors (Lipinski definition) is 3. The summed E-state index contributed by atoms with van der Waals surface area (Å²) in [6, 6.07) is -0.0394. The molecule has 1 rings (SSSR count). The molecule has 0 aromatic rings. The van der Waals surface area contributed by atoms with Crippen LogP contribution in [0.4, 0.5) is 0 Å². The molecule has 1 heterocycles. The lowest BCUT2D eigenvalue weighted by atomic mass is 10.0. The molecule has 84 valence electrons. The number of rotatable bonds is 3. The maximum Gasteiger partial charge on any atom is 0.323 e. The van der Waals surface area contributed by atoms with E-state index in [1.165, 1.54) is 13.5 Å². The number of hydrogen-bond donors (Lipinski definition) is 0. The van der Waals surface area contributed by atoms with Gasteiger partial charge in [0.05, 0.1) is 7.11 Å². The minimum absolute atomic E-state index is 0.0394. The second-order valence-corrected chi connectivity index (χ2v) is 3.75. The molecule has 0 spiro atoms. The molecule has 1 atom stereocenters. The monoisotopic (exact) mass is 209 g/mol. The lowest BCUT2D eigenvalue weighted by molar-refractivity contribution is -0.148. The number of nitrogens with zero attached hydrogens (tertiary/aromatic N) is 1. The molecule has 0 amide bonds. The molecule has 0 aromatic heterocycles. The topological polar surface area (TPSA) is 29.5 Å². The lowest BCUT2D eigenvalue weighted by Gasteiger charge is -2.33. The Morgan fingerprint density at radius 1 is 1.53 bits per heavy atom. The summed E-state index contributed by atoms with van der Waals surface area (Å²) >= 11 is 0. The Morgan fingerprint density at radius 2 is 2.33 bits per heavy atom. The molecule has 0 N–H and O–H groups in total. The van der Waals surface area contributed by atoms with Crippen molar-refractivity contribution in [2.75, 3.05) is 20.2 Å². The van der Waals surface area contributed by atoms with Crippen LogP contribution in [0, 0.1) is 11.8 Å². The molecule has 0 radical (unpaired) electrons. The molecular weight excluding hydrogens is 190 g/mol. The van der Waals surface area contributed by atoms with E-state index in [9.17, 15) is 4.79 Å². The molecule has 1 saturated heterocycles. The summed E-state index contributed by atoms with van der Waals surface area (Å²) in [4.78, 5) is 13.7. The number of ether oxygens (including phenoxy) is 1. The van der Waals surface area contributed by atoms with Crippen molar-refractivity contribution < 1.29 is 9.53 Å². The first-order valence-electron chi connectivity index (χ1n) is 5.51. The number of carbonyl (C=O) groups is 1. The highest BCUT2D eigenvalue weighted by atomic mass is 16.5. The molecule has 1 aliphatic rings. The molecule has 15 heavy (non-hydrogen) atoms. The van der Waals surface area contributed by atoms with Gasteiger partial charge in [0, 0.05) is 13.0 Å². The quantitative estimate of drug-likeness (QED) is 0.520. The molecule has 0 bridgehead atoms. The molecule has 0 aromatic carbocycles. The van der Waals surface area contributed by atoms with E-state index in [2.05, 4.69) is 16.7 Å². The molecule has 1 unspecified atom stereocenters. The van der Waals surface area contributed by atoms with Gasteiger partial charge in [-0.1, -0.05) is 6.42 Å². The van der Waals surface area contributed by atoms with E-state index >= 15 is 0 Å². The van der Waals surface area contributed by atoms with Crippen LogP contribution in [-0.4, -0.2) is 37.1 Å². The predicted octanol–water partition coefficient (Wildman–Crippen LogP) is 1.43. The highest BCUT2D eigenvalue weighted by Gasteiger charge is 2.28. The Kier molecular flexibility index (Phi) is 5.20. The van der Waals surface area contributed by atoms with E-state index < -0.39 is 0 Å². The molecule has 1 fully saturated rings. The minimum atomic E-state index is -0.0980. The van der Waals surface area contributed by atoms with Crippen molar-refractivity contribution in [1.29, 1.82) is 0 Å². The summed E-state index contributed by atoms with van der Waals surface area (Å²) in [5, 5.41) is 0. The zero-order chi connectivity index (χ0) is 11.1. The van der Waals surface area contributed by atoms with Gasteiger partial charge in [0.1, 0.15) is 6.04 Å². The van der Waals surface area contributed by atoms with E-state index in [0.717, 1.165) is 32.4 Å². The van der Waals surface area contributed by atoms with E-state index in [1.807, 2.05) is 6.92 Å². The first-order valence-corrected chi connectivity index (χ1v) is 5.51. The Balaban J connectivity index is 2.48. The fourth-order valence-corrected chi connectivity index (χ4v) is 1.99. The Labute approximate surface area is 91.8 Å². The Morgan fingerprint density at radius 3 is 3.00 bits per heavy atom. The summed E-state index contributed by atoms with van der Waals surface area (Å²) in [6.07, 6.45) is 4.05. The number of piperidine rings is 1. The van der Waals surface area contributed by atoms with Gasteiger partial charge < -0.3 is 4.74 Å². The molecule has 3 heteroatoms. The lowest BCUT2D eigenvalue weighted by Crippen LogP contribution is -2.45. The molecule has 1 aliphatic heterocycles. The maximum absolute atomic E-state index is 11.5. The summed E-state index contributed by atoms with van der Waals surface area (Å²) in [7, 11) is 1.46. The third-order valence-corrected chi connectivity index (χ3v) is 2.79. The van der Waals surface area contributed by atoms with Crippen LogP contribution in [0.25, 0.3) is 0 Å². The standard InChI is InChI=1S/C12H19NO2/c1-3-4-6-9-13-10-7-5-8-11(13)12(14)15-2/h11H,5-10H2,1-2H3. The largest absolute Gasteiger partial charge is 0.468 e. The SMILES string of the molecule is CC#CCCN1CCCCC1C(=O)OC. The van der Waals surface area contributed by atoms with Gasteiger partial charge in [0.2, 0.25) is 0 Å². The van der Waals surface area contributed by atoms with Gasteiger partial charge in [-0.25, -0.2) is 0 Å². The summed E-state index contributed by atoms with van der Waals surface area (Å²) < 4.78 is 4.81. The first kappa shape index (κ1) is 12.1. The fourth-order valence-electron chi connectivity index (χ4n) is 1.99. The number of likely N-dealkylation sites (tertiary alicyclic amines) is 1. The van der Waals surface area contributed by atoms with Crippen LogP contribution in [0.2, 0.25) is 0 Å². The Bertz CT molecular complexity index is 265. The van der Waals surface area contributed by atoms with Gasteiger partial charge in [0.25, 0.3) is 0 Å². The zero-order valence-corrected chi connectivity index (χ0v) is 9.58. The van der Waals surface area contributed by atoms with E-state index in [0.29, 0.717) is 0 Å². The third-order valence-electron chi connectivity index (χ3n) is 2.79. The molecule has 0 saturated carbocycles. The van der Waals surface area contributed by atoms with Crippen LogP contribution < -0.4 is 0 Å². The molecule has 0 aliphatic carbocycles. The summed E-state index contributed by atoms with van der Waals surface area (Å²) in [5.74, 6) is 5.80. The molecule has 3 nitrogen and oxygen atoms in total. The minimum Gasteiger partial charge on any atom is -0.468 e. The number of carbonyl (C=O) groups excluding carboxylic acids is 1. The van der Waals surface area contributed by atoms with Crippen LogP contribution >= 0.6 is 0 Å². The van der Waals surface area contributed by atoms with Crippen molar-refractivity contribution >= 4 is 5.97 Å². The number of methoxy groups -OCH3 is 1. The van der Waals surface area contributed by atoms with Crippen molar-refractivity contribution in [2.45, 2.75) is 38.6 Å². The van der Waals surface area contributed by atoms with E-state index in [1.54, 1.807) is 0 Å².